The molecular formula is C10H14Cl3N3. The highest BCUT2D eigenvalue weighted by atomic mass is 35.5. The third-order valence-electron chi connectivity index (χ3n) is 2.54. The quantitative estimate of drug-likeness (QED) is 0.816. The minimum absolute atomic E-state index is 0. The predicted octanol–water partition coefficient (Wildman–Crippen LogP) is 3.22. The number of hydrogen-bond acceptors (Lipinski definition) is 2. The van der Waals surface area contributed by atoms with Gasteiger partial charge in [0, 0.05) is 11.7 Å². The van der Waals surface area contributed by atoms with Crippen LogP contribution in [-0.2, 0) is 0 Å². The van der Waals surface area contributed by atoms with Crippen LogP contribution in [0.4, 0.5) is 5.69 Å². The first-order valence-corrected chi connectivity index (χ1v) is 4.57. The van der Waals surface area contributed by atoms with Gasteiger partial charge in [-0.3, -0.25) is 0 Å². The number of halogens is 3. The summed E-state index contributed by atoms with van der Waals surface area (Å²) in [6.07, 6.45) is 4.49. The molecule has 90 valence electrons. The van der Waals surface area contributed by atoms with Crippen LogP contribution >= 0.6 is 37.2 Å². The number of nitrogen functional groups attached to an aromatic ring is 1. The van der Waals surface area contributed by atoms with Crippen molar-refractivity contribution < 1.29 is 0 Å². The summed E-state index contributed by atoms with van der Waals surface area (Å²) in [5.41, 5.74) is 8.67. The molecule has 16 heavy (non-hydrogen) atoms. The van der Waals surface area contributed by atoms with E-state index >= 15 is 0 Å². The molecular weight excluding hydrogens is 268 g/mol. The Morgan fingerprint density at radius 1 is 1.19 bits per heavy atom. The first kappa shape index (κ1) is 15.4. The molecule has 3 rings (SSSR count). The second-order valence-corrected chi connectivity index (χ2v) is 3.63. The van der Waals surface area contributed by atoms with Gasteiger partial charge in [0.1, 0.15) is 0 Å². The van der Waals surface area contributed by atoms with Gasteiger partial charge in [0.2, 0.25) is 0 Å². The number of benzene rings is 1. The van der Waals surface area contributed by atoms with E-state index < -0.39 is 0 Å². The maximum Gasteiger partial charge on any atom is 0.0960 e. The lowest BCUT2D eigenvalue weighted by Gasteiger charge is -1.99. The molecule has 0 spiro atoms. The van der Waals surface area contributed by atoms with Crippen LogP contribution < -0.4 is 5.73 Å². The Morgan fingerprint density at radius 2 is 1.88 bits per heavy atom. The van der Waals surface area contributed by atoms with Gasteiger partial charge in [-0.25, -0.2) is 4.98 Å². The number of imidazole rings is 1. The molecule has 0 saturated heterocycles. The third-order valence-corrected chi connectivity index (χ3v) is 2.54. The second-order valence-electron chi connectivity index (χ2n) is 3.63. The van der Waals surface area contributed by atoms with Crippen molar-refractivity contribution in [3.8, 4) is 0 Å². The fourth-order valence-electron chi connectivity index (χ4n) is 1.69. The van der Waals surface area contributed by atoms with Crippen LogP contribution in [-0.4, -0.2) is 9.55 Å². The Bertz CT molecular complexity index is 465. The summed E-state index contributed by atoms with van der Waals surface area (Å²) >= 11 is 0. The van der Waals surface area contributed by atoms with Gasteiger partial charge in [0.25, 0.3) is 0 Å². The highest BCUT2D eigenvalue weighted by molar-refractivity contribution is 5.86. The van der Waals surface area contributed by atoms with Crippen molar-refractivity contribution in [2.45, 2.75) is 18.9 Å². The minimum atomic E-state index is 0. The number of nitrogens with two attached hydrogens (primary N) is 1. The van der Waals surface area contributed by atoms with E-state index in [-0.39, 0.29) is 37.2 Å². The minimum Gasteiger partial charge on any atom is -0.399 e. The molecule has 0 bridgehead atoms. The Labute approximate surface area is 113 Å². The van der Waals surface area contributed by atoms with Gasteiger partial charge in [-0.1, -0.05) is 0 Å². The monoisotopic (exact) mass is 281 g/mol. The molecule has 1 aliphatic rings. The summed E-state index contributed by atoms with van der Waals surface area (Å²) in [6, 6.07) is 6.60. The molecule has 1 fully saturated rings. The SMILES string of the molecule is Cl.Cl.Cl.Nc1ccc2c(c1)ncn2C1CC1. The lowest BCUT2D eigenvalue weighted by molar-refractivity contribution is 0.766. The molecule has 6 heteroatoms. The van der Waals surface area contributed by atoms with Gasteiger partial charge >= 0.3 is 0 Å². The first-order chi connectivity index (χ1) is 6.34. The van der Waals surface area contributed by atoms with Crippen LogP contribution in [0.2, 0.25) is 0 Å². The van der Waals surface area contributed by atoms with Gasteiger partial charge < -0.3 is 10.3 Å². The Kier molecular flexibility index (Phi) is 5.39. The number of anilines is 1. The summed E-state index contributed by atoms with van der Waals surface area (Å²) in [5.74, 6) is 0. The first-order valence-electron chi connectivity index (χ1n) is 4.57. The van der Waals surface area contributed by atoms with E-state index in [2.05, 4.69) is 15.6 Å². The summed E-state index contributed by atoms with van der Waals surface area (Å²) in [4.78, 5) is 4.32. The molecule has 2 N–H and O–H groups in total. The number of hydrogen-bond donors (Lipinski definition) is 1. The molecule has 0 aliphatic heterocycles. The van der Waals surface area contributed by atoms with Gasteiger partial charge in [-0.15, -0.1) is 37.2 Å². The Balaban J connectivity index is 0.000000750. The zero-order chi connectivity index (χ0) is 8.84. The predicted molar refractivity (Wildman–Crippen MR) is 74.2 cm³/mol. The van der Waals surface area contributed by atoms with Crippen molar-refractivity contribution in [3.63, 3.8) is 0 Å². The average Bonchev–Trinajstić information content (AvgIpc) is 2.87. The second kappa shape index (κ2) is 5.62. The highest BCUT2D eigenvalue weighted by Crippen LogP contribution is 2.37. The Morgan fingerprint density at radius 3 is 2.50 bits per heavy atom. The van der Waals surface area contributed by atoms with Crippen LogP contribution in [0.15, 0.2) is 24.5 Å². The molecule has 0 atom stereocenters. The van der Waals surface area contributed by atoms with E-state index in [0.717, 1.165) is 11.2 Å². The molecule has 0 radical (unpaired) electrons. The van der Waals surface area contributed by atoms with Gasteiger partial charge in [0.05, 0.1) is 17.4 Å². The normalized spacial score (nSPS) is 13.5. The molecule has 1 aromatic carbocycles. The van der Waals surface area contributed by atoms with Crippen molar-refractivity contribution in [1.82, 2.24) is 9.55 Å². The molecule has 1 aromatic heterocycles. The number of aromatic nitrogens is 2. The standard InChI is InChI=1S/C10H11N3.3ClH/c11-7-1-4-10-9(5-7)12-6-13(10)8-2-3-8;;;/h1,4-6,8H,2-3,11H2;3*1H. The van der Waals surface area contributed by atoms with Gasteiger partial charge in [0.15, 0.2) is 0 Å². The van der Waals surface area contributed by atoms with E-state index in [1.165, 1.54) is 18.4 Å². The molecule has 0 unspecified atom stereocenters. The molecule has 3 nitrogen and oxygen atoms in total. The highest BCUT2D eigenvalue weighted by Gasteiger charge is 2.24. The summed E-state index contributed by atoms with van der Waals surface area (Å²) in [7, 11) is 0. The van der Waals surface area contributed by atoms with Crippen LogP contribution in [0.5, 0.6) is 0 Å². The number of rotatable bonds is 1. The van der Waals surface area contributed by atoms with Crippen LogP contribution in [0.25, 0.3) is 11.0 Å². The van der Waals surface area contributed by atoms with E-state index in [1.807, 2.05) is 18.5 Å². The fourth-order valence-corrected chi connectivity index (χ4v) is 1.69. The number of nitrogens with zero attached hydrogens (tertiary/aromatic N) is 2. The van der Waals surface area contributed by atoms with E-state index in [9.17, 15) is 0 Å². The van der Waals surface area contributed by atoms with Crippen LogP contribution in [0.1, 0.15) is 18.9 Å². The fraction of sp³-hybridized carbons (Fsp3) is 0.300. The zero-order valence-electron chi connectivity index (χ0n) is 8.50. The molecule has 2 aromatic rings. The Hall–Kier alpha value is -0.640. The molecule has 0 amide bonds. The van der Waals surface area contributed by atoms with Gasteiger partial charge in [-0.2, -0.15) is 0 Å². The van der Waals surface area contributed by atoms with Crippen LogP contribution in [0.3, 0.4) is 0 Å². The van der Waals surface area contributed by atoms with E-state index in [4.69, 9.17) is 5.73 Å². The number of fused-ring (bicyclic) bond motifs is 1. The molecule has 1 saturated carbocycles. The lowest BCUT2D eigenvalue weighted by atomic mass is 10.3. The van der Waals surface area contributed by atoms with Crippen molar-refractivity contribution in [3.05, 3.63) is 24.5 Å². The lowest BCUT2D eigenvalue weighted by Crippen LogP contribution is -1.90. The van der Waals surface area contributed by atoms with E-state index in [1.54, 1.807) is 0 Å². The van der Waals surface area contributed by atoms with Crippen LogP contribution in [0, 0.1) is 0 Å². The smallest absolute Gasteiger partial charge is 0.0960 e. The largest absolute Gasteiger partial charge is 0.399 e. The summed E-state index contributed by atoms with van der Waals surface area (Å²) in [6.45, 7) is 0. The zero-order valence-corrected chi connectivity index (χ0v) is 10.9. The average molecular weight is 283 g/mol. The van der Waals surface area contributed by atoms with Gasteiger partial charge in [-0.05, 0) is 31.0 Å². The van der Waals surface area contributed by atoms with E-state index in [0.29, 0.717) is 6.04 Å². The third kappa shape index (κ3) is 2.54. The van der Waals surface area contributed by atoms with Crippen molar-refractivity contribution in [1.29, 1.82) is 0 Å². The summed E-state index contributed by atoms with van der Waals surface area (Å²) in [5, 5.41) is 0. The molecule has 1 heterocycles. The molecule has 1 aliphatic carbocycles. The van der Waals surface area contributed by atoms with Crippen molar-refractivity contribution >= 4 is 53.9 Å². The maximum absolute atomic E-state index is 5.68. The maximum atomic E-state index is 5.68. The topological polar surface area (TPSA) is 43.8 Å². The summed E-state index contributed by atoms with van der Waals surface area (Å²) < 4.78 is 2.24. The van der Waals surface area contributed by atoms with Crippen molar-refractivity contribution in [2.24, 2.45) is 0 Å². The van der Waals surface area contributed by atoms with Crippen molar-refractivity contribution in [2.75, 3.05) is 5.73 Å².